The molecule has 0 unspecified atom stereocenters. The highest BCUT2D eigenvalue weighted by atomic mass is 79.9. The number of benzene rings is 2. The Morgan fingerprint density at radius 1 is 1.00 bits per heavy atom. The Morgan fingerprint density at radius 3 is 2.33 bits per heavy atom. The summed E-state index contributed by atoms with van der Waals surface area (Å²) in [6.07, 6.45) is 0.602. The summed E-state index contributed by atoms with van der Waals surface area (Å²) in [5.74, 6) is 0.785. The molecule has 21 heavy (non-hydrogen) atoms. The van der Waals surface area contributed by atoms with Gasteiger partial charge in [-0.15, -0.1) is 0 Å². The van der Waals surface area contributed by atoms with Crippen molar-refractivity contribution in [1.82, 2.24) is 4.72 Å². The second kappa shape index (κ2) is 7.59. The van der Waals surface area contributed by atoms with Gasteiger partial charge in [0.25, 0.3) is 0 Å². The molecule has 0 aliphatic rings. The highest BCUT2D eigenvalue weighted by molar-refractivity contribution is 9.10. The standard InChI is InChI=1S/C15H16BrNO3S/c16-13-7-9-15(10-8-13)21(18,19)17-11-4-12-20-14-5-2-1-3-6-14/h1-3,5-10,17H,4,11-12H2. The maximum absolute atomic E-state index is 12.0. The largest absolute Gasteiger partial charge is 0.494 e. The molecule has 112 valence electrons. The van der Waals surface area contributed by atoms with Gasteiger partial charge in [-0.3, -0.25) is 0 Å². The molecule has 0 fully saturated rings. The Morgan fingerprint density at radius 2 is 1.67 bits per heavy atom. The predicted molar refractivity (Wildman–Crippen MR) is 85.9 cm³/mol. The summed E-state index contributed by atoms with van der Waals surface area (Å²) in [7, 11) is -3.45. The Hall–Kier alpha value is -1.37. The fraction of sp³-hybridized carbons (Fsp3) is 0.200. The maximum Gasteiger partial charge on any atom is 0.240 e. The molecule has 6 heteroatoms. The fourth-order valence-corrected chi connectivity index (χ4v) is 3.02. The van der Waals surface area contributed by atoms with E-state index in [1.807, 2.05) is 30.3 Å². The van der Waals surface area contributed by atoms with E-state index >= 15 is 0 Å². The van der Waals surface area contributed by atoms with E-state index in [1.165, 1.54) is 0 Å². The third-order valence-electron chi connectivity index (χ3n) is 2.75. The topological polar surface area (TPSA) is 55.4 Å². The van der Waals surface area contributed by atoms with Gasteiger partial charge in [0.1, 0.15) is 5.75 Å². The lowest BCUT2D eigenvalue weighted by atomic mass is 10.3. The number of ether oxygens (including phenoxy) is 1. The summed E-state index contributed by atoms with van der Waals surface area (Å²) in [5.41, 5.74) is 0. The van der Waals surface area contributed by atoms with Gasteiger partial charge < -0.3 is 4.74 Å². The zero-order valence-corrected chi connectivity index (χ0v) is 13.7. The molecular weight excluding hydrogens is 354 g/mol. The summed E-state index contributed by atoms with van der Waals surface area (Å²) < 4.78 is 32.9. The fourth-order valence-electron chi connectivity index (χ4n) is 1.68. The van der Waals surface area contributed by atoms with Gasteiger partial charge >= 0.3 is 0 Å². The van der Waals surface area contributed by atoms with Crippen molar-refractivity contribution in [3.63, 3.8) is 0 Å². The summed E-state index contributed by atoms with van der Waals surface area (Å²) in [6.45, 7) is 0.804. The summed E-state index contributed by atoms with van der Waals surface area (Å²) in [5, 5.41) is 0. The zero-order chi connectivity index (χ0) is 15.1. The molecule has 0 amide bonds. The van der Waals surface area contributed by atoms with Crippen LogP contribution in [0.25, 0.3) is 0 Å². The van der Waals surface area contributed by atoms with Crippen LogP contribution in [0.4, 0.5) is 0 Å². The second-order valence-corrected chi connectivity index (χ2v) is 7.05. The van der Waals surface area contributed by atoms with Gasteiger partial charge in [-0.2, -0.15) is 0 Å². The van der Waals surface area contributed by atoms with Gasteiger partial charge in [-0.05, 0) is 42.8 Å². The van der Waals surface area contributed by atoms with E-state index in [9.17, 15) is 8.42 Å². The monoisotopic (exact) mass is 369 g/mol. The first kappa shape index (κ1) is 16.0. The Kier molecular flexibility index (Phi) is 5.78. The number of sulfonamides is 1. The number of nitrogens with one attached hydrogen (secondary N) is 1. The quantitative estimate of drug-likeness (QED) is 0.762. The lowest BCUT2D eigenvalue weighted by molar-refractivity contribution is 0.311. The van der Waals surface area contributed by atoms with E-state index in [-0.39, 0.29) is 4.90 Å². The van der Waals surface area contributed by atoms with Gasteiger partial charge in [0.05, 0.1) is 11.5 Å². The van der Waals surface area contributed by atoms with E-state index in [2.05, 4.69) is 20.7 Å². The normalized spacial score (nSPS) is 11.3. The van der Waals surface area contributed by atoms with Gasteiger partial charge in [0, 0.05) is 11.0 Å². The molecular formula is C15H16BrNO3S. The van der Waals surface area contributed by atoms with Crippen molar-refractivity contribution in [2.75, 3.05) is 13.2 Å². The van der Waals surface area contributed by atoms with E-state index in [0.717, 1.165) is 10.2 Å². The Bertz CT molecular complexity index is 657. The first-order chi connectivity index (χ1) is 10.1. The van der Waals surface area contributed by atoms with Crippen molar-refractivity contribution in [1.29, 1.82) is 0 Å². The van der Waals surface area contributed by atoms with Crippen LogP contribution >= 0.6 is 15.9 Å². The number of hydrogen-bond donors (Lipinski definition) is 1. The Balaban J connectivity index is 1.76. The lowest BCUT2D eigenvalue weighted by Crippen LogP contribution is -2.25. The molecule has 0 saturated carbocycles. The number of halogens is 1. The summed E-state index contributed by atoms with van der Waals surface area (Å²) in [6, 6.07) is 16.0. The maximum atomic E-state index is 12.0. The molecule has 0 aliphatic carbocycles. The van der Waals surface area contributed by atoms with Crippen molar-refractivity contribution in [3.8, 4) is 5.75 Å². The third-order valence-corrected chi connectivity index (χ3v) is 4.75. The molecule has 4 nitrogen and oxygen atoms in total. The van der Waals surface area contributed by atoms with Crippen LogP contribution in [0.1, 0.15) is 6.42 Å². The molecule has 0 spiro atoms. The first-order valence-corrected chi connectivity index (χ1v) is 8.79. The minimum atomic E-state index is -3.45. The first-order valence-electron chi connectivity index (χ1n) is 6.51. The average molecular weight is 370 g/mol. The van der Waals surface area contributed by atoms with Crippen molar-refractivity contribution in [2.24, 2.45) is 0 Å². The molecule has 0 aliphatic heterocycles. The molecule has 0 bridgehead atoms. The molecule has 0 atom stereocenters. The smallest absolute Gasteiger partial charge is 0.240 e. The van der Waals surface area contributed by atoms with Crippen LogP contribution < -0.4 is 9.46 Å². The van der Waals surface area contributed by atoms with E-state index < -0.39 is 10.0 Å². The molecule has 0 radical (unpaired) electrons. The van der Waals surface area contributed by atoms with Crippen LogP contribution in [0.3, 0.4) is 0 Å². The predicted octanol–water partition coefficient (Wildman–Crippen LogP) is 3.20. The van der Waals surface area contributed by atoms with Crippen LogP contribution in [0, 0.1) is 0 Å². The summed E-state index contributed by atoms with van der Waals surface area (Å²) >= 11 is 3.28. The molecule has 2 rings (SSSR count). The molecule has 0 heterocycles. The van der Waals surface area contributed by atoms with Crippen LogP contribution in [-0.4, -0.2) is 21.6 Å². The Labute approximate surface area is 133 Å². The van der Waals surface area contributed by atoms with Crippen molar-refractivity contribution in [3.05, 3.63) is 59.1 Å². The van der Waals surface area contributed by atoms with Gasteiger partial charge in [0.15, 0.2) is 0 Å². The summed E-state index contributed by atoms with van der Waals surface area (Å²) in [4.78, 5) is 0.259. The SMILES string of the molecule is O=S(=O)(NCCCOc1ccccc1)c1ccc(Br)cc1. The molecule has 0 aromatic heterocycles. The minimum Gasteiger partial charge on any atom is -0.494 e. The number of para-hydroxylation sites is 1. The highest BCUT2D eigenvalue weighted by Crippen LogP contribution is 2.14. The van der Waals surface area contributed by atoms with E-state index in [1.54, 1.807) is 24.3 Å². The second-order valence-electron chi connectivity index (χ2n) is 4.37. The van der Waals surface area contributed by atoms with Crippen LogP contribution in [0.5, 0.6) is 5.75 Å². The van der Waals surface area contributed by atoms with Crippen LogP contribution in [-0.2, 0) is 10.0 Å². The van der Waals surface area contributed by atoms with Crippen molar-refractivity contribution in [2.45, 2.75) is 11.3 Å². The highest BCUT2D eigenvalue weighted by Gasteiger charge is 2.12. The van der Waals surface area contributed by atoms with Crippen LogP contribution in [0.2, 0.25) is 0 Å². The molecule has 1 N–H and O–H groups in total. The van der Waals surface area contributed by atoms with Gasteiger partial charge in [-0.1, -0.05) is 34.1 Å². The average Bonchev–Trinajstić information content (AvgIpc) is 2.48. The molecule has 2 aromatic rings. The van der Waals surface area contributed by atoms with Crippen molar-refractivity contribution >= 4 is 26.0 Å². The van der Waals surface area contributed by atoms with E-state index in [4.69, 9.17) is 4.74 Å². The van der Waals surface area contributed by atoms with Gasteiger partial charge in [0.2, 0.25) is 10.0 Å². The number of hydrogen-bond acceptors (Lipinski definition) is 3. The molecule has 0 saturated heterocycles. The number of rotatable bonds is 7. The zero-order valence-electron chi connectivity index (χ0n) is 11.3. The van der Waals surface area contributed by atoms with Crippen molar-refractivity contribution < 1.29 is 13.2 Å². The minimum absolute atomic E-state index is 0.259. The third kappa shape index (κ3) is 5.15. The lowest BCUT2D eigenvalue weighted by Gasteiger charge is -2.08. The van der Waals surface area contributed by atoms with E-state index in [0.29, 0.717) is 19.6 Å². The van der Waals surface area contributed by atoms with Gasteiger partial charge in [-0.25, -0.2) is 13.1 Å². The van der Waals surface area contributed by atoms with Crippen LogP contribution in [0.15, 0.2) is 64.0 Å². The molecule has 2 aromatic carbocycles.